The van der Waals surface area contributed by atoms with Gasteiger partial charge in [0.05, 0.1) is 29.4 Å². The van der Waals surface area contributed by atoms with Gasteiger partial charge in [0, 0.05) is 18.7 Å². The van der Waals surface area contributed by atoms with Crippen LogP contribution in [-0.2, 0) is 17.1 Å². The van der Waals surface area contributed by atoms with Gasteiger partial charge in [0.1, 0.15) is 11.2 Å². The Kier molecular flexibility index (Phi) is 4.85. The van der Waals surface area contributed by atoms with E-state index < -0.39 is 21.9 Å². The lowest BCUT2D eigenvalue weighted by Gasteiger charge is -2.13. The van der Waals surface area contributed by atoms with Crippen LogP contribution in [0.2, 0.25) is 0 Å². The van der Waals surface area contributed by atoms with E-state index >= 15 is 0 Å². The molecular weight excluding hydrogens is 394 g/mol. The Balaban J connectivity index is 1.81. The maximum absolute atomic E-state index is 12.6. The van der Waals surface area contributed by atoms with Gasteiger partial charge in [-0.2, -0.15) is 0 Å². The molecule has 4 N–H and O–H groups in total. The smallest absolute Gasteiger partial charge is 0.264 e. The normalized spacial score (nSPS) is 15.4. The van der Waals surface area contributed by atoms with Gasteiger partial charge in [-0.05, 0) is 30.5 Å². The van der Waals surface area contributed by atoms with Crippen molar-refractivity contribution in [2.24, 2.45) is 12.2 Å². The fraction of sp³-hybridized carbons (Fsp3) is 0.316. The molecule has 3 aromatic rings. The largest absolute Gasteiger partial charge is 0.387 e. The zero-order chi connectivity index (χ0) is 20.8. The number of pyridine rings is 1. The molecule has 1 aliphatic rings. The molecule has 2 heterocycles. The van der Waals surface area contributed by atoms with Crippen molar-refractivity contribution in [3.05, 3.63) is 52.6 Å². The average Bonchev–Trinajstić information content (AvgIpc) is 3.47. The molecule has 1 fully saturated rings. The number of fused-ring (bicyclic) bond motifs is 1. The van der Waals surface area contributed by atoms with Gasteiger partial charge in [0.15, 0.2) is 0 Å². The van der Waals surface area contributed by atoms with Crippen LogP contribution in [0.3, 0.4) is 0 Å². The van der Waals surface area contributed by atoms with Crippen molar-refractivity contribution >= 4 is 26.7 Å². The topological polar surface area (TPSA) is 140 Å². The van der Waals surface area contributed by atoms with Crippen LogP contribution in [0.4, 0.5) is 5.82 Å². The number of nitrogens with two attached hydrogens (primary N) is 1. The maximum atomic E-state index is 12.6. The summed E-state index contributed by atoms with van der Waals surface area (Å²) in [6, 6.07) is 8.77. The van der Waals surface area contributed by atoms with Crippen LogP contribution in [0.15, 0.2) is 41.5 Å². The summed E-state index contributed by atoms with van der Waals surface area (Å²) >= 11 is 0. The summed E-state index contributed by atoms with van der Waals surface area (Å²) in [6.45, 7) is 0. The molecule has 9 nitrogen and oxygen atoms in total. The monoisotopic (exact) mass is 415 g/mol. The van der Waals surface area contributed by atoms with Crippen LogP contribution in [0.5, 0.6) is 0 Å². The van der Waals surface area contributed by atoms with Crippen molar-refractivity contribution < 1.29 is 13.5 Å². The molecule has 0 bridgehead atoms. The van der Waals surface area contributed by atoms with Gasteiger partial charge in [-0.3, -0.25) is 4.79 Å². The quantitative estimate of drug-likeness (QED) is 0.543. The molecular formula is C19H21N5O4S. The molecule has 1 saturated carbocycles. The lowest BCUT2D eigenvalue weighted by molar-refractivity contribution is 0.201. The van der Waals surface area contributed by atoms with Crippen LogP contribution < -0.4 is 16.0 Å². The summed E-state index contributed by atoms with van der Waals surface area (Å²) in [5.74, 6) is -0.0996. The number of benzene rings is 1. The number of sulfonamides is 1. The maximum Gasteiger partial charge on any atom is 0.264 e. The third-order valence-electron chi connectivity index (χ3n) is 4.78. The third kappa shape index (κ3) is 4.29. The molecule has 1 aromatic carbocycles. The van der Waals surface area contributed by atoms with Crippen molar-refractivity contribution in [3.63, 3.8) is 0 Å². The minimum absolute atomic E-state index is 0.186. The Bertz CT molecular complexity index is 1250. The van der Waals surface area contributed by atoms with Crippen molar-refractivity contribution in [1.29, 1.82) is 0 Å². The third-order valence-corrected chi connectivity index (χ3v) is 5.56. The predicted molar refractivity (Wildman–Crippen MR) is 110 cm³/mol. The van der Waals surface area contributed by atoms with Crippen molar-refractivity contribution in [2.45, 2.75) is 25.0 Å². The SMILES string of the molecule is Cn1cnc2cc(-c3cccc(C(O)CS(N)(=O)=O)c3)nc(NC3CC3)c2c1=O. The second-order valence-corrected chi connectivity index (χ2v) is 8.96. The van der Waals surface area contributed by atoms with E-state index in [1.807, 2.05) is 0 Å². The highest BCUT2D eigenvalue weighted by molar-refractivity contribution is 7.89. The first-order valence-electron chi connectivity index (χ1n) is 9.13. The van der Waals surface area contributed by atoms with Gasteiger partial charge >= 0.3 is 0 Å². The number of hydrogen-bond acceptors (Lipinski definition) is 7. The zero-order valence-corrected chi connectivity index (χ0v) is 16.6. The Morgan fingerprint density at radius 2 is 2.10 bits per heavy atom. The number of aromatic nitrogens is 3. The first-order chi connectivity index (χ1) is 13.7. The summed E-state index contributed by atoms with van der Waals surface area (Å²) in [6.07, 6.45) is 2.24. The van der Waals surface area contributed by atoms with E-state index in [1.54, 1.807) is 37.4 Å². The van der Waals surface area contributed by atoms with Gasteiger partial charge in [0.2, 0.25) is 10.0 Å². The molecule has 4 rings (SSSR count). The van der Waals surface area contributed by atoms with E-state index in [1.165, 1.54) is 10.9 Å². The number of nitrogens with one attached hydrogen (secondary N) is 1. The number of aliphatic hydroxyl groups excluding tert-OH is 1. The van der Waals surface area contributed by atoms with Gasteiger partial charge in [-0.25, -0.2) is 23.5 Å². The van der Waals surface area contributed by atoms with Crippen LogP contribution in [0, 0.1) is 0 Å². The second kappa shape index (κ2) is 7.21. The number of rotatable bonds is 6. The first-order valence-corrected chi connectivity index (χ1v) is 10.8. The van der Waals surface area contributed by atoms with E-state index in [9.17, 15) is 18.3 Å². The molecule has 1 aliphatic carbocycles. The lowest BCUT2D eigenvalue weighted by Crippen LogP contribution is -2.21. The fourth-order valence-electron chi connectivity index (χ4n) is 3.12. The van der Waals surface area contributed by atoms with Crippen LogP contribution in [-0.4, -0.2) is 39.9 Å². The summed E-state index contributed by atoms with van der Waals surface area (Å²) in [4.78, 5) is 21.6. The Morgan fingerprint density at radius 1 is 1.34 bits per heavy atom. The summed E-state index contributed by atoms with van der Waals surface area (Å²) in [5, 5.41) is 19.0. The van der Waals surface area contributed by atoms with Gasteiger partial charge in [0.25, 0.3) is 5.56 Å². The summed E-state index contributed by atoms with van der Waals surface area (Å²) in [7, 11) is -2.18. The highest BCUT2D eigenvalue weighted by atomic mass is 32.2. The minimum atomic E-state index is -3.82. The number of hydrogen-bond donors (Lipinski definition) is 3. The van der Waals surface area contributed by atoms with Gasteiger partial charge in [-0.1, -0.05) is 18.2 Å². The molecule has 10 heteroatoms. The number of aliphatic hydroxyl groups is 1. The Hall–Kier alpha value is -2.82. The van der Waals surface area contributed by atoms with Crippen molar-refractivity contribution in [3.8, 4) is 11.3 Å². The predicted octanol–water partition coefficient (Wildman–Crippen LogP) is 0.892. The van der Waals surface area contributed by atoms with Gasteiger partial charge < -0.3 is 15.0 Å². The lowest BCUT2D eigenvalue weighted by atomic mass is 10.0. The molecule has 0 saturated heterocycles. The molecule has 152 valence electrons. The van der Waals surface area contributed by atoms with Crippen LogP contribution >= 0.6 is 0 Å². The minimum Gasteiger partial charge on any atom is -0.387 e. The number of primary sulfonamides is 1. The van der Waals surface area contributed by atoms with E-state index in [2.05, 4.69) is 15.3 Å². The molecule has 0 spiro atoms. The molecule has 1 atom stereocenters. The van der Waals surface area contributed by atoms with E-state index in [4.69, 9.17) is 5.14 Å². The van der Waals surface area contributed by atoms with E-state index in [-0.39, 0.29) is 11.6 Å². The number of aryl methyl sites for hydroxylation is 1. The van der Waals surface area contributed by atoms with Gasteiger partial charge in [-0.15, -0.1) is 0 Å². The van der Waals surface area contributed by atoms with Crippen molar-refractivity contribution in [2.75, 3.05) is 11.1 Å². The molecule has 1 unspecified atom stereocenters. The molecule has 29 heavy (non-hydrogen) atoms. The molecule has 0 aliphatic heterocycles. The zero-order valence-electron chi connectivity index (χ0n) is 15.7. The average molecular weight is 415 g/mol. The first kappa shape index (κ1) is 19.5. The highest BCUT2D eigenvalue weighted by Crippen LogP contribution is 2.30. The molecule has 2 aromatic heterocycles. The number of anilines is 1. The summed E-state index contributed by atoms with van der Waals surface area (Å²) in [5.41, 5.74) is 1.96. The van der Waals surface area contributed by atoms with E-state index in [0.717, 1.165) is 12.8 Å². The summed E-state index contributed by atoms with van der Waals surface area (Å²) < 4.78 is 24.0. The van der Waals surface area contributed by atoms with E-state index in [0.29, 0.717) is 33.5 Å². The standard InChI is InChI=1S/C19H21N5O4S/c1-24-10-21-15-8-14(23-18(17(15)19(24)26)22-13-5-6-13)11-3-2-4-12(7-11)16(25)9-29(20,27)28/h2-4,7-8,10,13,16,25H,5-6,9H2,1H3,(H,22,23)(H2,20,27,28). The Morgan fingerprint density at radius 3 is 2.79 bits per heavy atom. The van der Waals surface area contributed by atoms with Crippen LogP contribution in [0.25, 0.3) is 22.2 Å². The fourth-order valence-corrected chi connectivity index (χ4v) is 3.75. The second-order valence-electron chi connectivity index (χ2n) is 7.30. The highest BCUT2D eigenvalue weighted by Gasteiger charge is 2.24. The molecule has 0 radical (unpaired) electrons. The van der Waals surface area contributed by atoms with Crippen LogP contribution in [0.1, 0.15) is 24.5 Å². The number of nitrogens with zero attached hydrogens (tertiary/aromatic N) is 3. The Labute approximate surface area is 167 Å². The van der Waals surface area contributed by atoms with Crippen molar-refractivity contribution in [1.82, 2.24) is 14.5 Å². The molecule has 0 amide bonds.